The summed E-state index contributed by atoms with van der Waals surface area (Å²) >= 11 is 5.35. The Labute approximate surface area is 155 Å². The highest BCUT2D eigenvalue weighted by Crippen LogP contribution is 2.17. The molecule has 2 aromatic carbocycles. The highest BCUT2D eigenvalue weighted by molar-refractivity contribution is 7.80. The van der Waals surface area contributed by atoms with E-state index in [4.69, 9.17) is 21.7 Å². The minimum Gasteiger partial charge on any atom is -0.491 e. The van der Waals surface area contributed by atoms with Gasteiger partial charge in [-0.1, -0.05) is 17.7 Å². The number of benzene rings is 2. The zero-order valence-electron chi connectivity index (χ0n) is 15.2. The van der Waals surface area contributed by atoms with Crippen LogP contribution in [0.3, 0.4) is 0 Å². The SMILES string of the molecule is Cc1ccc(OC[C@H](C)NC(=S)Nc2ccc(OC(C)C)cc2)cc1. The van der Waals surface area contributed by atoms with Gasteiger partial charge >= 0.3 is 0 Å². The van der Waals surface area contributed by atoms with E-state index in [1.54, 1.807) is 0 Å². The monoisotopic (exact) mass is 358 g/mol. The fourth-order valence-corrected chi connectivity index (χ4v) is 2.50. The molecule has 0 fully saturated rings. The van der Waals surface area contributed by atoms with E-state index in [1.807, 2.05) is 69.3 Å². The summed E-state index contributed by atoms with van der Waals surface area (Å²) in [6, 6.07) is 15.8. The predicted molar refractivity (Wildman–Crippen MR) is 108 cm³/mol. The molecule has 0 aromatic heterocycles. The van der Waals surface area contributed by atoms with E-state index >= 15 is 0 Å². The highest BCUT2D eigenvalue weighted by Gasteiger charge is 2.06. The van der Waals surface area contributed by atoms with Gasteiger partial charge in [-0.15, -0.1) is 0 Å². The predicted octanol–water partition coefficient (Wildman–Crippen LogP) is 4.54. The van der Waals surface area contributed by atoms with Crippen molar-refractivity contribution >= 4 is 23.0 Å². The average Bonchev–Trinajstić information content (AvgIpc) is 2.55. The van der Waals surface area contributed by atoms with Gasteiger partial charge in [0, 0.05) is 5.69 Å². The molecule has 2 N–H and O–H groups in total. The molecule has 0 radical (unpaired) electrons. The molecule has 134 valence electrons. The number of aryl methyl sites for hydroxylation is 1. The van der Waals surface area contributed by atoms with Crippen molar-refractivity contribution in [2.75, 3.05) is 11.9 Å². The summed E-state index contributed by atoms with van der Waals surface area (Å²) in [6.07, 6.45) is 0.163. The Morgan fingerprint density at radius 1 is 0.960 bits per heavy atom. The number of nitrogens with one attached hydrogen (secondary N) is 2. The largest absolute Gasteiger partial charge is 0.491 e. The molecule has 0 aliphatic heterocycles. The summed E-state index contributed by atoms with van der Waals surface area (Å²) in [6.45, 7) is 8.63. The maximum Gasteiger partial charge on any atom is 0.171 e. The molecule has 0 saturated carbocycles. The third-order valence-corrected chi connectivity index (χ3v) is 3.60. The summed E-state index contributed by atoms with van der Waals surface area (Å²) in [5, 5.41) is 6.96. The van der Waals surface area contributed by atoms with Crippen LogP contribution in [0.25, 0.3) is 0 Å². The van der Waals surface area contributed by atoms with Gasteiger partial charge < -0.3 is 20.1 Å². The zero-order chi connectivity index (χ0) is 18.2. The molecular formula is C20H26N2O2S. The van der Waals surface area contributed by atoms with Crippen molar-refractivity contribution in [2.24, 2.45) is 0 Å². The molecule has 0 aliphatic rings. The molecule has 0 saturated heterocycles. The first-order valence-corrected chi connectivity index (χ1v) is 8.87. The Balaban J connectivity index is 1.76. The molecule has 0 heterocycles. The second-order valence-electron chi connectivity index (χ2n) is 6.31. The standard InChI is InChI=1S/C20H26N2O2S/c1-14(2)24-19-11-7-17(8-12-19)22-20(25)21-16(4)13-23-18-9-5-15(3)6-10-18/h5-12,14,16H,13H2,1-4H3,(H2,21,22,25)/t16-/m0/s1. The molecule has 0 bridgehead atoms. The average molecular weight is 359 g/mol. The smallest absolute Gasteiger partial charge is 0.171 e. The van der Waals surface area contributed by atoms with E-state index in [2.05, 4.69) is 17.6 Å². The Morgan fingerprint density at radius 3 is 2.16 bits per heavy atom. The zero-order valence-corrected chi connectivity index (χ0v) is 16.0. The lowest BCUT2D eigenvalue weighted by Gasteiger charge is -2.18. The molecule has 1 atom stereocenters. The first-order chi connectivity index (χ1) is 11.9. The van der Waals surface area contributed by atoms with Crippen LogP contribution in [-0.4, -0.2) is 23.9 Å². The quantitative estimate of drug-likeness (QED) is 0.712. The summed E-state index contributed by atoms with van der Waals surface area (Å²) < 4.78 is 11.4. The van der Waals surface area contributed by atoms with Crippen LogP contribution in [0.5, 0.6) is 11.5 Å². The van der Waals surface area contributed by atoms with E-state index in [0.717, 1.165) is 17.2 Å². The summed E-state index contributed by atoms with van der Waals surface area (Å²) in [7, 11) is 0. The van der Waals surface area contributed by atoms with Crippen LogP contribution in [0, 0.1) is 6.92 Å². The lowest BCUT2D eigenvalue weighted by Crippen LogP contribution is -2.39. The molecule has 0 aliphatic carbocycles. The second kappa shape index (κ2) is 9.28. The number of anilines is 1. The summed E-state index contributed by atoms with van der Waals surface area (Å²) in [5.74, 6) is 1.71. The maximum atomic E-state index is 5.76. The molecule has 0 unspecified atom stereocenters. The highest BCUT2D eigenvalue weighted by atomic mass is 32.1. The topological polar surface area (TPSA) is 42.5 Å². The molecule has 0 amide bonds. The lowest BCUT2D eigenvalue weighted by atomic mass is 10.2. The van der Waals surface area contributed by atoms with Crippen LogP contribution in [0.2, 0.25) is 0 Å². The minimum atomic E-state index is 0.0878. The van der Waals surface area contributed by atoms with Crippen molar-refractivity contribution in [1.82, 2.24) is 5.32 Å². The minimum absolute atomic E-state index is 0.0878. The fourth-order valence-electron chi connectivity index (χ4n) is 2.18. The van der Waals surface area contributed by atoms with Crippen LogP contribution in [-0.2, 0) is 0 Å². The third-order valence-electron chi connectivity index (χ3n) is 3.38. The van der Waals surface area contributed by atoms with E-state index in [1.165, 1.54) is 5.56 Å². The molecule has 4 nitrogen and oxygen atoms in total. The van der Waals surface area contributed by atoms with Crippen LogP contribution in [0.1, 0.15) is 26.3 Å². The molecule has 5 heteroatoms. The first kappa shape index (κ1) is 19.1. The Hall–Kier alpha value is -2.27. The van der Waals surface area contributed by atoms with Crippen molar-refractivity contribution < 1.29 is 9.47 Å². The van der Waals surface area contributed by atoms with Gasteiger partial charge in [-0.2, -0.15) is 0 Å². The van der Waals surface area contributed by atoms with Gasteiger partial charge in [0.15, 0.2) is 5.11 Å². The van der Waals surface area contributed by atoms with Gasteiger partial charge in [-0.05, 0) is 76.3 Å². The number of rotatable bonds is 7. The van der Waals surface area contributed by atoms with Crippen LogP contribution < -0.4 is 20.1 Å². The molecule has 2 rings (SSSR count). The Bertz CT molecular complexity index is 669. The van der Waals surface area contributed by atoms with E-state index in [-0.39, 0.29) is 12.1 Å². The van der Waals surface area contributed by atoms with Crippen molar-refractivity contribution in [2.45, 2.75) is 39.8 Å². The number of ether oxygens (including phenoxy) is 2. The fraction of sp³-hybridized carbons (Fsp3) is 0.350. The van der Waals surface area contributed by atoms with E-state index in [0.29, 0.717) is 11.7 Å². The summed E-state index contributed by atoms with van der Waals surface area (Å²) in [5.41, 5.74) is 2.13. The van der Waals surface area contributed by atoms with Crippen LogP contribution >= 0.6 is 12.2 Å². The van der Waals surface area contributed by atoms with Crippen molar-refractivity contribution in [3.63, 3.8) is 0 Å². The molecule has 0 spiro atoms. The Morgan fingerprint density at radius 2 is 1.56 bits per heavy atom. The molecule has 25 heavy (non-hydrogen) atoms. The first-order valence-electron chi connectivity index (χ1n) is 8.46. The van der Waals surface area contributed by atoms with Crippen molar-refractivity contribution in [3.8, 4) is 11.5 Å². The van der Waals surface area contributed by atoms with Gasteiger partial charge in [0.25, 0.3) is 0 Å². The van der Waals surface area contributed by atoms with Gasteiger partial charge in [0.1, 0.15) is 18.1 Å². The maximum absolute atomic E-state index is 5.76. The summed E-state index contributed by atoms with van der Waals surface area (Å²) in [4.78, 5) is 0. The van der Waals surface area contributed by atoms with Gasteiger partial charge in [0.05, 0.1) is 12.1 Å². The van der Waals surface area contributed by atoms with Crippen molar-refractivity contribution in [3.05, 3.63) is 54.1 Å². The van der Waals surface area contributed by atoms with Gasteiger partial charge in [0.2, 0.25) is 0 Å². The van der Waals surface area contributed by atoms with E-state index in [9.17, 15) is 0 Å². The number of thiocarbonyl (C=S) groups is 1. The van der Waals surface area contributed by atoms with Crippen LogP contribution in [0.4, 0.5) is 5.69 Å². The number of hydrogen-bond acceptors (Lipinski definition) is 3. The normalized spacial score (nSPS) is 11.7. The molecule has 2 aromatic rings. The molecular weight excluding hydrogens is 332 g/mol. The van der Waals surface area contributed by atoms with E-state index < -0.39 is 0 Å². The van der Waals surface area contributed by atoms with Gasteiger partial charge in [-0.25, -0.2) is 0 Å². The Kier molecular flexibility index (Phi) is 7.07. The lowest BCUT2D eigenvalue weighted by molar-refractivity contribution is 0.242. The second-order valence-corrected chi connectivity index (χ2v) is 6.72. The van der Waals surface area contributed by atoms with Crippen LogP contribution in [0.15, 0.2) is 48.5 Å². The number of hydrogen-bond donors (Lipinski definition) is 2. The van der Waals surface area contributed by atoms with Crippen molar-refractivity contribution in [1.29, 1.82) is 0 Å². The van der Waals surface area contributed by atoms with Gasteiger partial charge in [-0.3, -0.25) is 0 Å². The third kappa shape index (κ3) is 7.01.